The lowest BCUT2D eigenvalue weighted by Gasteiger charge is -2.37. The Kier molecular flexibility index (Phi) is 3.45. The van der Waals surface area contributed by atoms with Crippen molar-refractivity contribution >= 4 is 0 Å². The predicted octanol–water partition coefficient (Wildman–Crippen LogP) is 2.03. The molecule has 0 bridgehead atoms. The molecule has 14 heavy (non-hydrogen) atoms. The number of rotatable bonds is 1. The molecule has 0 amide bonds. The van der Waals surface area contributed by atoms with Gasteiger partial charge in [-0.25, -0.2) is 0 Å². The first-order valence-electron chi connectivity index (χ1n) is 6.27. The monoisotopic (exact) mass is 196 g/mol. The van der Waals surface area contributed by atoms with Crippen molar-refractivity contribution in [2.24, 2.45) is 11.7 Å². The molecular formula is C12H24N2. The zero-order chi connectivity index (χ0) is 9.97. The van der Waals surface area contributed by atoms with Crippen LogP contribution in [-0.4, -0.2) is 18.1 Å². The molecule has 1 saturated carbocycles. The zero-order valence-electron chi connectivity index (χ0n) is 9.34. The van der Waals surface area contributed by atoms with E-state index in [4.69, 9.17) is 5.73 Å². The third-order valence-corrected chi connectivity index (χ3v) is 4.04. The lowest BCUT2D eigenvalue weighted by atomic mass is 9.78. The summed E-state index contributed by atoms with van der Waals surface area (Å²) in [5, 5.41) is 3.76. The Bertz CT molecular complexity index is 173. The van der Waals surface area contributed by atoms with Crippen LogP contribution in [-0.2, 0) is 0 Å². The largest absolute Gasteiger partial charge is 0.328 e. The van der Waals surface area contributed by atoms with Crippen LogP contribution >= 0.6 is 0 Å². The van der Waals surface area contributed by atoms with Gasteiger partial charge < -0.3 is 11.1 Å². The first-order valence-corrected chi connectivity index (χ1v) is 6.27. The van der Waals surface area contributed by atoms with Crippen molar-refractivity contribution in [3.8, 4) is 0 Å². The van der Waals surface area contributed by atoms with Gasteiger partial charge in [-0.1, -0.05) is 6.42 Å². The first kappa shape index (κ1) is 10.4. The summed E-state index contributed by atoms with van der Waals surface area (Å²) < 4.78 is 0. The van der Waals surface area contributed by atoms with E-state index in [1.54, 1.807) is 0 Å². The van der Waals surface area contributed by atoms with Gasteiger partial charge in [-0.05, 0) is 51.4 Å². The maximum Gasteiger partial charge on any atom is 0.00978 e. The van der Waals surface area contributed by atoms with Gasteiger partial charge in [0.15, 0.2) is 0 Å². The summed E-state index contributed by atoms with van der Waals surface area (Å²) in [6, 6.07) is 2.03. The van der Waals surface area contributed by atoms with Gasteiger partial charge in [0.25, 0.3) is 0 Å². The van der Waals surface area contributed by atoms with Gasteiger partial charge in [-0.15, -0.1) is 0 Å². The highest BCUT2D eigenvalue weighted by molar-refractivity contribution is 4.87. The van der Waals surface area contributed by atoms with Crippen molar-refractivity contribution in [3.05, 3.63) is 0 Å². The number of hydrogen-bond acceptors (Lipinski definition) is 2. The van der Waals surface area contributed by atoms with E-state index in [1.165, 1.54) is 44.9 Å². The van der Waals surface area contributed by atoms with E-state index in [2.05, 4.69) is 12.2 Å². The molecule has 2 fully saturated rings. The SMILES string of the molecule is CC1CCCC(C2CCC(N)CC2)N1. The lowest BCUT2D eigenvalue weighted by Crippen LogP contribution is -2.46. The van der Waals surface area contributed by atoms with E-state index < -0.39 is 0 Å². The van der Waals surface area contributed by atoms with Crippen LogP contribution in [0.15, 0.2) is 0 Å². The summed E-state index contributed by atoms with van der Waals surface area (Å²) in [5.41, 5.74) is 5.93. The Labute approximate surface area is 87.6 Å². The topological polar surface area (TPSA) is 38.0 Å². The maximum absolute atomic E-state index is 5.93. The Morgan fingerprint density at radius 3 is 2.36 bits per heavy atom. The van der Waals surface area contributed by atoms with Crippen molar-refractivity contribution < 1.29 is 0 Å². The van der Waals surface area contributed by atoms with E-state index in [9.17, 15) is 0 Å². The van der Waals surface area contributed by atoms with Crippen molar-refractivity contribution in [1.29, 1.82) is 0 Å². The molecule has 82 valence electrons. The van der Waals surface area contributed by atoms with Gasteiger partial charge in [0.1, 0.15) is 0 Å². The van der Waals surface area contributed by atoms with Crippen LogP contribution < -0.4 is 11.1 Å². The summed E-state index contributed by atoms with van der Waals surface area (Å²) in [5.74, 6) is 0.914. The molecule has 0 aromatic rings. The van der Waals surface area contributed by atoms with Crippen LogP contribution in [0.3, 0.4) is 0 Å². The lowest BCUT2D eigenvalue weighted by molar-refractivity contribution is 0.201. The number of nitrogens with one attached hydrogen (secondary N) is 1. The van der Waals surface area contributed by atoms with E-state index in [0.29, 0.717) is 6.04 Å². The van der Waals surface area contributed by atoms with Gasteiger partial charge in [-0.3, -0.25) is 0 Å². The molecule has 2 aliphatic rings. The fourth-order valence-electron chi connectivity index (χ4n) is 3.10. The highest BCUT2D eigenvalue weighted by Crippen LogP contribution is 2.30. The fraction of sp³-hybridized carbons (Fsp3) is 1.00. The van der Waals surface area contributed by atoms with Crippen molar-refractivity contribution in [1.82, 2.24) is 5.32 Å². The van der Waals surface area contributed by atoms with Crippen molar-refractivity contribution in [3.63, 3.8) is 0 Å². The Balaban J connectivity index is 1.82. The quantitative estimate of drug-likeness (QED) is 0.673. The highest BCUT2D eigenvalue weighted by atomic mass is 15.0. The molecule has 0 aromatic heterocycles. The number of hydrogen-bond donors (Lipinski definition) is 2. The third kappa shape index (κ3) is 2.48. The highest BCUT2D eigenvalue weighted by Gasteiger charge is 2.28. The minimum Gasteiger partial charge on any atom is -0.328 e. The normalized spacial score (nSPS) is 45.0. The van der Waals surface area contributed by atoms with Crippen molar-refractivity contribution in [2.75, 3.05) is 0 Å². The minimum absolute atomic E-state index is 0.493. The molecular weight excluding hydrogens is 172 g/mol. The van der Waals surface area contributed by atoms with Crippen LogP contribution in [0.1, 0.15) is 51.9 Å². The average Bonchev–Trinajstić information content (AvgIpc) is 2.19. The van der Waals surface area contributed by atoms with Gasteiger partial charge in [0.2, 0.25) is 0 Å². The fourth-order valence-corrected chi connectivity index (χ4v) is 3.10. The standard InChI is InChI=1S/C12H24N2/c1-9-3-2-4-12(14-9)10-5-7-11(13)8-6-10/h9-12,14H,2-8,13H2,1H3. The predicted molar refractivity (Wildman–Crippen MR) is 60.2 cm³/mol. The van der Waals surface area contributed by atoms with Gasteiger partial charge in [0, 0.05) is 18.1 Å². The summed E-state index contributed by atoms with van der Waals surface area (Å²) >= 11 is 0. The molecule has 2 heteroatoms. The van der Waals surface area contributed by atoms with E-state index in [0.717, 1.165) is 18.0 Å². The van der Waals surface area contributed by atoms with Crippen LogP contribution in [0, 0.1) is 5.92 Å². The number of nitrogens with two attached hydrogens (primary N) is 1. The summed E-state index contributed by atoms with van der Waals surface area (Å²) in [6.07, 6.45) is 9.37. The van der Waals surface area contributed by atoms with Gasteiger partial charge in [-0.2, -0.15) is 0 Å². The van der Waals surface area contributed by atoms with E-state index in [1.807, 2.05) is 0 Å². The molecule has 3 N–H and O–H groups in total. The van der Waals surface area contributed by atoms with Crippen molar-refractivity contribution in [2.45, 2.75) is 70.0 Å². The van der Waals surface area contributed by atoms with E-state index in [-0.39, 0.29) is 0 Å². The van der Waals surface area contributed by atoms with Gasteiger partial charge >= 0.3 is 0 Å². The molecule has 1 aliphatic heterocycles. The average molecular weight is 196 g/mol. The van der Waals surface area contributed by atoms with Crippen LogP contribution in [0.5, 0.6) is 0 Å². The smallest absolute Gasteiger partial charge is 0.00978 e. The Morgan fingerprint density at radius 1 is 1.00 bits per heavy atom. The molecule has 0 aromatic carbocycles. The molecule has 1 aliphatic carbocycles. The molecule has 1 saturated heterocycles. The van der Waals surface area contributed by atoms with Gasteiger partial charge in [0.05, 0.1) is 0 Å². The summed E-state index contributed by atoms with van der Waals surface area (Å²) in [7, 11) is 0. The summed E-state index contributed by atoms with van der Waals surface area (Å²) in [4.78, 5) is 0. The molecule has 2 rings (SSSR count). The third-order valence-electron chi connectivity index (χ3n) is 4.04. The van der Waals surface area contributed by atoms with Crippen LogP contribution in [0.2, 0.25) is 0 Å². The first-order chi connectivity index (χ1) is 6.75. The Morgan fingerprint density at radius 2 is 1.71 bits per heavy atom. The molecule has 2 atom stereocenters. The Hall–Kier alpha value is -0.0800. The second-order valence-electron chi connectivity index (χ2n) is 5.28. The second kappa shape index (κ2) is 4.63. The molecule has 1 heterocycles. The molecule has 2 nitrogen and oxygen atoms in total. The molecule has 2 unspecified atom stereocenters. The molecule has 0 radical (unpaired) electrons. The number of piperidine rings is 1. The van der Waals surface area contributed by atoms with Crippen LogP contribution in [0.25, 0.3) is 0 Å². The molecule has 0 spiro atoms. The zero-order valence-corrected chi connectivity index (χ0v) is 9.34. The van der Waals surface area contributed by atoms with Crippen LogP contribution in [0.4, 0.5) is 0 Å². The maximum atomic E-state index is 5.93. The minimum atomic E-state index is 0.493. The van der Waals surface area contributed by atoms with E-state index >= 15 is 0 Å². The summed E-state index contributed by atoms with van der Waals surface area (Å²) in [6.45, 7) is 2.32. The second-order valence-corrected chi connectivity index (χ2v) is 5.28.